The lowest BCUT2D eigenvalue weighted by Gasteiger charge is -2.17. The van der Waals surface area contributed by atoms with E-state index in [1.807, 2.05) is 45.0 Å². The zero-order valence-electron chi connectivity index (χ0n) is 24.5. The quantitative estimate of drug-likeness (QED) is 0.0719. The van der Waals surface area contributed by atoms with Crippen LogP contribution in [-0.2, 0) is 9.59 Å². The van der Waals surface area contributed by atoms with Crippen LogP contribution in [0.2, 0.25) is 0 Å². The van der Waals surface area contributed by atoms with E-state index in [-0.39, 0.29) is 22.5 Å². The van der Waals surface area contributed by atoms with Gasteiger partial charge in [-0.25, -0.2) is 0 Å². The maximum atomic E-state index is 13.4. The summed E-state index contributed by atoms with van der Waals surface area (Å²) in [5.41, 5.74) is 4.04. The molecule has 10 heteroatoms. The number of non-ortho nitro benzene ring substituents is 1. The Morgan fingerprint density at radius 2 is 1.61 bits per heavy atom. The van der Waals surface area contributed by atoms with Gasteiger partial charge in [0.05, 0.1) is 10.2 Å². The fourth-order valence-corrected chi connectivity index (χ4v) is 5.31. The van der Waals surface area contributed by atoms with Crippen molar-refractivity contribution >= 4 is 52.6 Å². The molecule has 9 nitrogen and oxygen atoms in total. The summed E-state index contributed by atoms with van der Waals surface area (Å²) in [6, 6.07) is 27.0. The van der Waals surface area contributed by atoms with Crippen LogP contribution in [0.25, 0.3) is 6.08 Å². The second-order valence-electron chi connectivity index (χ2n) is 10.0. The smallest absolute Gasteiger partial charge is 0.272 e. The first-order chi connectivity index (χ1) is 21.1. The molecule has 0 aromatic heterocycles. The Morgan fingerprint density at radius 1 is 0.886 bits per heavy atom. The van der Waals surface area contributed by atoms with Crippen LogP contribution in [0.3, 0.4) is 0 Å². The van der Waals surface area contributed by atoms with Crippen molar-refractivity contribution in [2.45, 2.75) is 37.3 Å². The van der Waals surface area contributed by atoms with Gasteiger partial charge in [0.1, 0.15) is 5.70 Å². The highest BCUT2D eigenvalue weighted by molar-refractivity contribution is 8.00. The Hall–Kier alpha value is -5.22. The zero-order valence-corrected chi connectivity index (χ0v) is 25.3. The molecule has 4 rings (SSSR count). The lowest BCUT2D eigenvalue weighted by Crippen LogP contribution is -2.30. The minimum atomic E-state index is -0.589. The molecule has 0 heterocycles. The molecule has 0 bridgehead atoms. The van der Waals surface area contributed by atoms with Gasteiger partial charge in [-0.3, -0.25) is 24.5 Å². The molecule has 0 aliphatic carbocycles. The molecule has 0 radical (unpaired) electrons. The van der Waals surface area contributed by atoms with E-state index in [4.69, 9.17) is 0 Å². The Labute approximate surface area is 259 Å². The molecule has 0 saturated carbocycles. The first-order valence-corrected chi connectivity index (χ1v) is 14.8. The van der Waals surface area contributed by atoms with Gasteiger partial charge in [-0.1, -0.05) is 48.9 Å². The van der Waals surface area contributed by atoms with Crippen molar-refractivity contribution in [2.24, 2.45) is 0 Å². The van der Waals surface area contributed by atoms with Gasteiger partial charge in [-0.05, 0) is 86.0 Å². The number of nitro benzene ring substituents is 1. The van der Waals surface area contributed by atoms with Gasteiger partial charge in [0.25, 0.3) is 17.5 Å². The summed E-state index contributed by atoms with van der Waals surface area (Å²) >= 11 is 1.39. The second kappa shape index (κ2) is 14.8. The number of thioether (sulfide) groups is 1. The Bertz CT molecular complexity index is 1700. The lowest BCUT2D eigenvalue weighted by molar-refractivity contribution is -0.384. The van der Waals surface area contributed by atoms with E-state index in [0.29, 0.717) is 23.2 Å². The van der Waals surface area contributed by atoms with E-state index >= 15 is 0 Å². The van der Waals surface area contributed by atoms with Crippen LogP contribution in [0.1, 0.15) is 40.4 Å². The van der Waals surface area contributed by atoms with Crippen molar-refractivity contribution in [1.29, 1.82) is 0 Å². The summed E-state index contributed by atoms with van der Waals surface area (Å²) in [6.45, 7) is 5.89. The lowest BCUT2D eigenvalue weighted by atomic mass is 10.1. The minimum Gasteiger partial charge on any atom is -0.325 e. The van der Waals surface area contributed by atoms with Crippen LogP contribution >= 0.6 is 11.8 Å². The van der Waals surface area contributed by atoms with Crippen LogP contribution in [-0.4, -0.2) is 27.9 Å². The van der Waals surface area contributed by atoms with Gasteiger partial charge < -0.3 is 16.0 Å². The van der Waals surface area contributed by atoms with E-state index in [2.05, 4.69) is 16.0 Å². The molecular formula is C34H32N4O5S. The van der Waals surface area contributed by atoms with E-state index in [1.54, 1.807) is 48.5 Å². The van der Waals surface area contributed by atoms with E-state index in [0.717, 1.165) is 21.7 Å². The van der Waals surface area contributed by atoms with Crippen LogP contribution < -0.4 is 16.0 Å². The van der Waals surface area contributed by atoms with Crippen molar-refractivity contribution in [3.8, 4) is 0 Å². The zero-order chi connectivity index (χ0) is 31.6. The Balaban J connectivity index is 1.51. The predicted molar refractivity (Wildman–Crippen MR) is 175 cm³/mol. The van der Waals surface area contributed by atoms with Crippen molar-refractivity contribution in [2.75, 3.05) is 10.6 Å². The highest BCUT2D eigenvalue weighted by Crippen LogP contribution is 2.29. The number of nitrogens with one attached hydrogen (secondary N) is 3. The number of aryl methyl sites for hydroxylation is 2. The third kappa shape index (κ3) is 8.65. The van der Waals surface area contributed by atoms with Crippen molar-refractivity contribution < 1.29 is 19.3 Å². The number of anilines is 2. The number of rotatable bonds is 11. The summed E-state index contributed by atoms with van der Waals surface area (Å²) in [7, 11) is 0. The molecule has 0 fully saturated rings. The summed E-state index contributed by atoms with van der Waals surface area (Å²) in [5, 5.41) is 19.2. The van der Waals surface area contributed by atoms with Crippen LogP contribution in [0.4, 0.5) is 17.1 Å². The fraction of sp³-hybridized carbons (Fsp3) is 0.147. The second-order valence-corrected chi connectivity index (χ2v) is 11.3. The van der Waals surface area contributed by atoms with Gasteiger partial charge >= 0.3 is 0 Å². The van der Waals surface area contributed by atoms with Crippen molar-refractivity contribution in [3.05, 3.63) is 135 Å². The standard InChI is InChI=1S/C34H32N4O5S/c1-4-31(34(41)36-29-18-13-22(2)19-23(29)3)44-28-12-8-11-26(21-28)35-33(40)30(37-32(39)25-9-6-5-7-10-25)20-24-14-16-27(17-15-24)38(42)43/h5-21,31H,4H2,1-3H3,(H,35,40)(H,36,41)(H,37,39)/b30-20+. The third-order valence-electron chi connectivity index (χ3n) is 6.62. The summed E-state index contributed by atoms with van der Waals surface area (Å²) in [5.74, 6) is -1.19. The molecule has 0 aliphatic rings. The van der Waals surface area contributed by atoms with Gasteiger partial charge in [0.2, 0.25) is 5.91 Å². The number of carbonyl (C=O) groups excluding carboxylic acids is 3. The van der Waals surface area contributed by atoms with Gasteiger partial charge in [-0.2, -0.15) is 0 Å². The summed E-state index contributed by atoms with van der Waals surface area (Å²) in [4.78, 5) is 50.8. The first-order valence-electron chi connectivity index (χ1n) is 13.9. The topological polar surface area (TPSA) is 130 Å². The van der Waals surface area contributed by atoms with E-state index in [9.17, 15) is 24.5 Å². The predicted octanol–water partition coefficient (Wildman–Crippen LogP) is 7.13. The SMILES string of the molecule is CCC(Sc1cccc(NC(=O)/C(=C\c2ccc([N+](=O)[O-])cc2)NC(=O)c2ccccc2)c1)C(=O)Nc1ccc(C)cc1C. The van der Waals surface area contributed by atoms with E-state index < -0.39 is 16.7 Å². The Kier molecular flexibility index (Phi) is 10.7. The molecule has 224 valence electrons. The summed E-state index contributed by atoms with van der Waals surface area (Å²) in [6.07, 6.45) is 2.04. The molecule has 3 amide bonds. The molecule has 44 heavy (non-hydrogen) atoms. The van der Waals surface area contributed by atoms with Gasteiger partial charge in [-0.15, -0.1) is 11.8 Å². The molecule has 0 aliphatic heterocycles. The molecule has 1 unspecified atom stereocenters. The molecule has 4 aromatic rings. The highest BCUT2D eigenvalue weighted by Gasteiger charge is 2.20. The van der Waals surface area contributed by atoms with E-state index in [1.165, 1.54) is 42.1 Å². The van der Waals surface area contributed by atoms with Crippen LogP contribution in [0.15, 0.2) is 108 Å². The number of amides is 3. The molecule has 1 atom stereocenters. The first kappa shape index (κ1) is 31.7. The number of benzene rings is 4. The number of carbonyl (C=O) groups is 3. The number of hydrogen-bond acceptors (Lipinski definition) is 6. The molecule has 0 saturated heterocycles. The average Bonchev–Trinajstić information content (AvgIpc) is 3.01. The number of nitrogens with zero attached hydrogens (tertiary/aromatic N) is 1. The molecule has 0 spiro atoms. The average molecular weight is 609 g/mol. The largest absolute Gasteiger partial charge is 0.325 e. The van der Waals surface area contributed by atoms with Gasteiger partial charge in [0, 0.05) is 34.0 Å². The fourth-order valence-electron chi connectivity index (χ4n) is 4.30. The van der Waals surface area contributed by atoms with Crippen molar-refractivity contribution in [3.63, 3.8) is 0 Å². The van der Waals surface area contributed by atoms with Crippen LogP contribution in [0.5, 0.6) is 0 Å². The maximum absolute atomic E-state index is 13.4. The molecular weight excluding hydrogens is 576 g/mol. The number of hydrogen-bond donors (Lipinski definition) is 3. The molecule has 3 N–H and O–H groups in total. The number of nitro groups is 1. The highest BCUT2D eigenvalue weighted by atomic mass is 32.2. The van der Waals surface area contributed by atoms with Crippen molar-refractivity contribution in [1.82, 2.24) is 5.32 Å². The maximum Gasteiger partial charge on any atom is 0.272 e. The van der Waals surface area contributed by atoms with Gasteiger partial charge in [0.15, 0.2) is 0 Å². The minimum absolute atomic E-state index is 0.0509. The third-order valence-corrected chi connectivity index (χ3v) is 7.97. The summed E-state index contributed by atoms with van der Waals surface area (Å²) < 4.78 is 0. The molecule has 4 aromatic carbocycles. The Morgan fingerprint density at radius 3 is 2.27 bits per heavy atom. The van der Waals surface area contributed by atoms with Crippen LogP contribution in [0, 0.1) is 24.0 Å². The monoisotopic (exact) mass is 608 g/mol. The normalized spacial score (nSPS) is 11.8.